The number of alkyl halides is 2. The van der Waals surface area contributed by atoms with Crippen molar-refractivity contribution in [2.45, 2.75) is 32.1 Å². The third kappa shape index (κ3) is 5.63. The van der Waals surface area contributed by atoms with Gasteiger partial charge in [0.05, 0.1) is 17.5 Å². The van der Waals surface area contributed by atoms with Crippen LogP contribution in [0.1, 0.15) is 37.7 Å². The van der Waals surface area contributed by atoms with E-state index in [1.165, 1.54) is 0 Å². The van der Waals surface area contributed by atoms with Crippen molar-refractivity contribution in [3.63, 3.8) is 0 Å². The molecule has 0 spiro atoms. The van der Waals surface area contributed by atoms with Gasteiger partial charge in [-0.25, -0.2) is 8.78 Å². The normalized spacial score (nSPS) is 14.3. The van der Waals surface area contributed by atoms with Gasteiger partial charge in [-0.05, 0) is 54.7 Å². The van der Waals surface area contributed by atoms with Gasteiger partial charge >= 0.3 is 5.97 Å². The van der Waals surface area contributed by atoms with E-state index in [0.717, 1.165) is 24.0 Å². The maximum Gasteiger partial charge on any atom is 0.313 e. The predicted octanol–water partition coefficient (Wildman–Crippen LogP) is 6.11. The zero-order valence-electron chi connectivity index (χ0n) is 16.8. The van der Waals surface area contributed by atoms with Crippen LogP contribution < -0.4 is 9.47 Å². The maximum absolute atomic E-state index is 12.7. The van der Waals surface area contributed by atoms with Crippen LogP contribution in [0.5, 0.6) is 11.5 Å². The number of carbonyl (C=O) groups excluding carboxylic acids is 1. The fraction of sp³-hybridized carbons (Fsp3) is 0.435. The topological polar surface area (TPSA) is 44.8 Å². The van der Waals surface area contributed by atoms with E-state index in [9.17, 15) is 13.6 Å². The van der Waals surface area contributed by atoms with E-state index in [1.54, 1.807) is 37.3 Å². The van der Waals surface area contributed by atoms with E-state index in [4.69, 9.17) is 25.8 Å². The van der Waals surface area contributed by atoms with Crippen molar-refractivity contribution in [2.24, 2.45) is 5.92 Å². The van der Waals surface area contributed by atoms with Gasteiger partial charge in [0.1, 0.15) is 24.8 Å². The molecule has 7 heteroatoms. The molecule has 0 N–H and O–H groups in total. The zero-order chi connectivity index (χ0) is 21.5. The molecule has 0 amide bonds. The second-order valence-corrected chi connectivity index (χ2v) is 7.59. The lowest BCUT2D eigenvalue weighted by atomic mass is 9.90. The highest BCUT2D eigenvalue weighted by Crippen LogP contribution is 2.44. The van der Waals surface area contributed by atoms with Crippen LogP contribution in [0.3, 0.4) is 0 Å². The first kappa shape index (κ1) is 22.3. The van der Waals surface area contributed by atoms with Gasteiger partial charge in [-0.2, -0.15) is 0 Å². The van der Waals surface area contributed by atoms with Gasteiger partial charge in [0, 0.05) is 5.56 Å². The Balaban J connectivity index is 2.02. The summed E-state index contributed by atoms with van der Waals surface area (Å²) in [6, 6.07) is 10.3. The van der Waals surface area contributed by atoms with Crippen molar-refractivity contribution in [1.29, 1.82) is 0 Å². The van der Waals surface area contributed by atoms with Crippen LogP contribution in [-0.2, 0) is 9.53 Å². The van der Waals surface area contributed by atoms with E-state index in [2.05, 4.69) is 0 Å². The lowest BCUT2D eigenvalue weighted by Gasteiger charge is -2.20. The van der Waals surface area contributed by atoms with Gasteiger partial charge in [0.25, 0.3) is 0 Å². The summed E-state index contributed by atoms with van der Waals surface area (Å²) in [6.45, 7) is 0.355. The van der Waals surface area contributed by atoms with Crippen molar-refractivity contribution in [1.82, 2.24) is 0 Å². The molecule has 4 nitrogen and oxygen atoms in total. The van der Waals surface area contributed by atoms with Crippen LogP contribution in [0.25, 0.3) is 11.1 Å². The summed E-state index contributed by atoms with van der Waals surface area (Å²) in [5.41, 5.74) is 2.09. The second-order valence-electron chi connectivity index (χ2n) is 7.18. The standard InChI is InChI=1S/C23H25ClF2O4/c1-2-28-23(27)20(11-15-3-4-15)17-12-19(22(21(24)13-17)29-10-9-25)16-5-7-18(8-6-16)30-14-26/h5-8,12-13,15,20H,2-4,9-11,14H2,1H3. The van der Waals surface area contributed by atoms with Crippen LogP contribution in [-0.4, -0.2) is 32.7 Å². The number of hydrogen-bond acceptors (Lipinski definition) is 4. The SMILES string of the molecule is CCOC(=O)C(CC1CC1)c1cc(Cl)c(OCCF)c(-c2ccc(OCF)cc2)c1. The Labute approximate surface area is 180 Å². The molecule has 1 fully saturated rings. The number of carbonyl (C=O) groups is 1. The molecule has 1 aliphatic rings. The Kier molecular flexibility index (Phi) is 7.91. The molecule has 0 aliphatic heterocycles. The number of halogens is 3. The minimum absolute atomic E-state index is 0.140. The molecule has 0 saturated heterocycles. The van der Waals surface area contributed by atoms with Crippen molar-refractivity contribution in [2.75, 3.05) is 26.7 Å². The van der Waals surface area contributed by atoms with E-state index in [1.807, 2.05) is 6.07 Å². The molecule has 0 aromatic heterocycles. The van der Waals surface area contributed by atoms with E-state index >= 15 is 0 Å². The van der Waals surface area contributed by atoms with Crippen molar-refractivity contribution in [3.05, 3.63) is 47.0 Å². The highest BCUT2D eigenvalue weighted by atomic mass is 35.5. The highest BCUT2D eigenvalue weighted by Gasteiger charge is 2.32. The molecule has 3 rings (SSSR count). The Morgan fingerprint density at radius 1 is 1.17 bits per heavy atom. The smallest absolute Gasteiger partial charge is 0.313 e. The first-order chi connectivity index (χ1) is 14.6. The third-order valence-electron chi connectivity index (χ3n) is 5.02. The number of rotatable bonds is 11. The molecule has 0 bridgehead atoms. The molecule has 1 atom stereocenters. The largest absolute Gasteiger partial charge is 0.489 e. The molecule has 0 heterocycles. The summed E-state index contributed by atoms with van der Waals surface area (Å²) in [7, 11) is 0. The van der Waals surface area contributed by atoms with Crippen LogP contribution in [0, 0.1) is 5.92 Å². The number of esters is 1. The van der Waals surface area contributed by atoms with E-state index in [0.29, 0.717) is 41.0 Å². The van der Waals surface area contributed by atoms with Gasteiger partial charge in [0.15, 0.2) is 0 Å². The first-order valence-electron chi connectivity index (χ1n) is 10.0. The lowest BCUT2D eigenvalue weighted by molar-refractivity contribution is -0.145. The Hall–Kier alpha value is -2.34. The fourth-order valence-corrected chi connectivity index (χ4v) is 3.69. The average Bonchev–Trinajstić information content (AvgIpc) is 3.56. The number of benzene rings is 2. The highest BCUT2D eigenvalue weighted by molar-refractivity contribution is 6.32. The monoisotopic (exact) mass is 438 g/mol. The zero-order valence-corrected chi connectivity index (χ0v) is 17.6. The number of hydrogen-bond donors (Lipinski definition) is 0. The number of ether oxygens (including phenoxy) is 3. The molecule has 0 radical (unpaired) electrons. The molecule has 1 aliphatic carbocycles. The van der Waals surface area contributed by atoms with Gasteiger partial charge < -0.3 is 14.2 Å². The second kappa shape index (κ2) is 10.6. The van der Waals surface area contributed by atoms with Gasteiger partial charge in [0.2, 0.25) is 6.86 Å². The van der Waals surface area contributed by atoms with Crippen molar-refractivity contribution in [3.8, 4) is 22.6 Å². The minimum atomic E-state index is -0.923. The Morgan fingerprint density at radius 2 is 1.90 bits per heavy atom. The van der Waals surface area contributed by atoms with Crippen LogP contribution in [0.15, 0.2) is 36.4 Å². The minimum Gasteiger partial charge on any atom is -0.489 e. The van der Waals surface area contributed by atoms with Gasteiger partial charge in [-0.1, -0.05) is 36.6 Å². The van der Waals surface area contributed by atoms with E-state index < -0.39 is 19.5 Å². The Morgan fingerprint density at radius 3 is 2.50 bits per heavy atom. The molecule has 1 saturated carbocycles. The predicted molar refractivity (Wildman–Crippen MR) is 112 cm³/mol. The van der Waals surface area contributed by atoms with Crippen LogP contribution in [0.2, 0.25) is 5.02 Å². The van der Waals surface area contributed by atoms with E-state index in [-0.39, 0.29) is 12.6 Å². The third-order valence-corrected chi connectivity index (χ3v) is 5.30. The fourth-order valence-electron chi connectivity index (χ4n) is 3.41. The van der Waals surface area contributed by atoms with Crippen LogP contribution in [0.4, 0.5) is 8.78 Å². The molecule has 2 aromatic carbocycles. The maximum atomic E-state index is 12.7. The summed E-state index contributed by atoms with van der Waals surface area (Å²) in [5, 5.41) is 0.296. The van der Waals surface area contributed by atoms with Gasteiger partial charge in [-0.15, -0.1) is 0 Å². The lowest BCUT2D eigenvalue weighted by Crippen LogP contribution is -2.17. The van der Waals surface area contributed by atoms with Gasteiger partial charge in [-0.3, -0.25) is 4.79 Å². The quantitative estimate of drug-likeness (QED) is 0.397. The molecular weight excluding hydrogens is 414 g/mol. The summed E-state index contributed by atoms with van der Waals surface area (Å²) in [5.74, 6) is 0.508. The summed E-state index contributed by atoms with van der Waals surface area (Å²) < 4.78 is 40.9. The molecule has 162 valence electrons. The van der Waals surface area contributed by atoms with Crippen molar-refractivity contribution >= 4 is 17.6 Å². The molecular formula is C23H25ClF2O4. The average molecular weight is 439 g/mol. The first-order valence-corrected chi connectivity index (χ1v) is 10.4. The summed E-state index contributed by atoms with van der Waals surface area (Å²) in [4.78, 5) is 12.6. The van der Waals surface area contributed by atoms with Crippen molar-refractivity contribution < 1.29 is 27.8 Å². The molecule has 30 heavy (non-hydrogen) atoms. The molecule has 1 unspecified atom stereocenters. The van der Waals surface area contributed by atoms with Crippen LogP contribution >= 0.6 is 11.6 Å². The summed E-state index contributed by atoms with van der Waals surface area (Å²) in [6.07, 6.45) is 2.90. The molecule has 2 aromatic rings. The Bertz CT molecular complexity index is 853. The summed E-state index contributed by atoms with van der Waals surface area (Å²) >= 11 is 6.51.